The summed E-state index contributed by atoms with van der Waals surface area (Å²) in [6.07, 6.45) is 27.1. The van der Waals surface area contributed by atoms with Crippen LogP contribution in [0.25, 0.3) is 0 Å². The van der Waals surface area contributed by atoms with Gasteiger partial charge in [0.2, 0.25) is 0 Å². The number of ether oxygens (including phenoxy) is 2. The van der Waals surface area contributed by atoms with Crippen LogP contribution in [0.5, 0.6) is 0 Å². The molecule has 3 N–H and O–H groups in total. The minimum Gasteiger partial charge on any atom is -0.462 e. The van der Waals surface area contributed by atoms with Gasteiger partial charge in [0.1, 0.15) is 6.61 Å². The van der Waals surface area contributed by atoms with Gasteiger partial charge in [0.25, 0.3) is 0 Å². The van der Waals surface area contributed by atoms with Crippen LogP contribution in [0.4, 0.5) is 0 Å². The Labute approximate surface area is 269 Å². The Morgan fingerprint density at radius 1 is 0.591 bits per heavy atom. The van der Waals surface area contributed by atoms with Crippen molar-refractivity contribution in [2.24, 2.45) is 5.73 Å². The molecular formula is C34H68NO8P. The normalized spacial score (nSPS) is 13.5. The van der Waals surface area contributed by atoms with Gasteiger partial charge in [0, 0.05) is 19.4 Å². The van der Waals surface area contributed by atoms with Crippen LogP contribution in [-0.2, 0) is 32.7 Å². The first kappa shape index (κ1) is 43.0. The molecular weight excluding hydrogens is 581 g/mol. The van der Waals surface area contributed by atoms with Crippen LogP contribution < -0.4 is 5.73 Å². The van der Waals surface area contributed by atoms with E-state index in [1.165, 1.54) is 109 Å². The number of esters is 2. The smallest absolute Gasteiger partial charge is 0.462 e. The topological polar surface area (TPSA) is 134 Å². The zero-order chi connectivity index (χ0) is 32.6. The van der Waals surface area contributed by atoms with E-state index in [1.807, 2.05) is 0 Å². The van der Waals surface area contributed by atoms with Crippen LogP contribution in [0.2, 0.25) is 0 Å². The van der Waals surface area contributed by atoms with E-state index in [0.717, 1.165) is 32.1 Å². The first-order valence-corrected chi connectivity index (χ1v) is 19.5. The second kappa shape index (κ2) is 32.0. The fourth-order valence-corrected chi connectivity index (χ4v) is 5.81. The maximum Gasteiger partial charge on any atom is 0.472 e. The van der Waals surface area contributed by atoms with Gasteiger partial charge in [-0.25, -0.2) is 4.57 Å². The van der Waals surface area contributed by atoms with Gasteiger partial charge >= 0.3 is 19.8 Å². The SMILES string of the molecule is CCCCCCCCCCCCCCCCC(=O)O[C@H](COC(=O)CCCCCCCCCCC)COP(=O)(O)OCCN. The highest BCUT2D eigenvalue weighted by atomic mass is 31.2. The van der Waals surface area contributed by atoms with E-state index in [9.17, 15) is 19.0 Å². The number of hydrogen-bond donors (Lipinski definition) is 2. The first-order valence-electron chi connectivity index (χ1n) is 18.0. The van der Waals surface area contributed by atoms with E-state index in [4.69, 9.17) is 24.3 Å². The van der Waals surface area contributed by atoms with Gasteiger partial charge in [-0.15, -0.1) is 0 Å². The Morgan fingerprint density at radius 3 is 1.39 bits per heavy atom. The van der Waals surface area contributed by atoms with Crippen LogP contribution in [0.15, 0.2) is 0 Å². The fourth-order valence-electron chi connectivity index (χ4n) is 5.05. The van der Waals surface area contributed by atoms with Crippen LogP contribution in [-0.4, -0.2) is 49.3 Å². The molecule has 44 heavy (non-hydrogen) atoms. The fraction of sp³-hybridized carbons (Fsp3) is 0.941. The van der Waals surface area contributed by atoms with Gasteiger partial charge in [-0.05, 0) is 12.8 Å². The summed E-state index contributed by atoms with van der Waals surface area (Å²) < 4.78 is 32.5. The molecule has 0 aliphatic heterocycles. The van der Waals surface area contributed by atoms with E-state index < -0.39 is 26.5 Å². The Balaban J connectivity index is 4.21. The summed E-state index contributed by atoms with van der Waals surface area (Å²) in [5, 5.41) is 0. The van der Waals surface area contributed by atoms with E-state index in [2.05, 4.69) is 13.8 Å². The highest BCUT2D eigenvalue weighted by Crippen LogP contribution is 2.43. The Kier molecular flexibility index (Phi) is 31.3. The van der Waals surface area contributed by atoms with Gasteiger partial charge in [-0.1, -0.05) is 149 Å². The number of unbranched alkanes of at least 4 members (excludes halogenated alkanes) is 21. The molecule has 0 radical (unpaired) electrons. The molecule has 0 amide bonds. The van der Waals surface area contributed by atoms with Crippen molar-refractivity contribution < 1.29 is 37.6 Å². The lowest BCUT2D eigenvalue weighted by Gasteiger charge is -2.19. The molecule has 0 aliphatic carbocycles. The van der Waals surface area contributed by atoms with Gasteiger partial charge < -0.3 is 20.1 Å². The van der Waals surface area contributed by atoms with Crippen molar-refractivity contribution in [2.45, 2.75) is 180 Å². The minimum atomic E-state index is -4.36. The number of nitrogens with two attached hydrogens (primary N) is 1. The van der Waals surface area contributed by atoms with Crippen molar-refractivity contribution in [3.63, 3.8) is 0 Å². The molecule has 0 aliphatic rings. The van der Waals surface area contributed by atoms with Crippen LogP contribution in [0, 0.1) is 0 Å². The van der Waals surface area contributed by atoms with E-state index >= 15 is 0 Å². The molecule has 0 spiro atoms. The second-order valence-corrected chi connectivity index (χ2v) is 13.6. The molecule has 0 saturated carbocycles. The summed E-state index contributed by atoms with van der Waals surface area (Å²) in [4.78, 5) is 34.5. The lowest BCUT2D eigenvalue weighted by atomic mass is 10.0. The van der Waals surface area contributed by atoms with Crippen molar-refractivity contribution in [2.75, 3.05) is 26.4 Å². The van der Waals surface area contributed by atoms with Crippen molar-refractivity contribution in [1.82, 2.24) is 0 Å². The van der Waals surface area contributed by atoms with Crippen molar-refractivity contribution >= 4 is 19.8 Å². The quantitative estimate of drug-likeness (QED) is 0.0397. The Hall–Kier alpha value is -0.990. The van der Waals surface area contributed by atoms with Gasteiger partial charge in [-0.2, -0.15) is 0 Å². The Morgan fingerprint density at radius 2 is 0.977 bits per heavy atom. The molecule has 0 aromatic heterocycles. The zero-order valence-electron chi connectivity index (χ0n) is 28.4. The molecule has 0 rings (SSSR count). The highest BCUT2D eigenvalue weighted by molar-refractivity contribution is 7.47. The molecule has 262 valence electrons. The maximum atomic E-state index is 12.5. The zero-order valence-corrected chi connectivity index (χ0v) is 29.3. The Bertz CT molecular complexity index is 709. The number of carbonyl (C=O) groups excluding carboxylic acids is 2. The lowest BCUT2D eigenvalue weighted by Crippen LogP contribution is -2.29. The first-order chi connectivity index (χ1) is 21.3. The minimum absolute atomic E-state index is 0.0575. The molecule has 2 atom stereocenters. The molecule has 10 heteroatoms. The van der Waals surface area contributed by atoms with E-state index in [1.54, 1.807) is 0 Å². The number of phosphoric acid groups is 1. The summed E-state index contributed by atoms with van der Waals surface area (Å²) in [6.45, 7) is 3.71. The second-order valence-electron chi connectivity index (χ2n) is 12.1. The third-order valence-corrected chi connectivity index (χ3v) is 8.73. The van der Waals surface area contributed by atoms with Gasteiger partial charge in [-0.3, -0.25) is 18.6 Å². The summed E-state index contributed by atoms with van der Waals surface area (Å²) >= 11 is 0. The van der Waals surface area contributed by atoms with Crippen molar-refractivity contribution in [3.8, 4) is 0 Å². The standard InChI is InChI=1S/C34H68NO8P/c1-3-5-7-9-11-13-14-15-16-17-19-21-23-25-27-34(37)43-32(31-42-44(38,39)41-29-28-35)30-40-33(36)26-24-22-20-18-12-10-8-6-4-2/h32H,3-31,35H2,1-2H3,(H,38,39)/t32-/m1/s1. The van der Waals surface area contributed by atoms with Gasteiger partial charge in [0.15, 0.2) is 6.10 Å². The molecule has 0 fully saturated rings. The predicted octanol–water partition coefficient (Wildman–Crippen LogP) is 9.33. The average molecular weight is 650 g/mol. The van der Waals surface area contributed by atoms with Crippen molar-refractivity contribution in [3.05, 3.63) is 0 Å². The average Bonchev–Trinajstić information content (AvgIpc) is 3.00. The maximum absolute atomic E-state index is 12.5. The molecule has 1 unspecified atom stereocenters. The predicted molar refractivity (Wildman–Crippen MR) is 178 cm³/mol. The molecule has 0 aromatic rings. The molecule has 0 heterocycles. The highest BCUT2D eigenvalue weighted by Gasteiger charge is 2.25. The monoisotopic (exact) mass is 649 g/mol. The van der Waals surface area contributed by atoms with Crippen LogP contribution >= 0.6 is 7.82 Å². The van der Waals surface area contributed by atoms with Gasteiger partial charge in [0.05, 0.1) is 13.2 Å². The summed E-state index contributed by atoms with van der Waals surface area (Å²) in [5.41, 5.74) is 5.32. The molecule has 0 saturated heterocycles. The van der Waals surface area contributed by atoms with E-state index in [0.29, 0.717) is 6.42 Å². The van der Waals surface area contributed by atoms with Crippen LogP contribution in [0.1, 0.15) is 174 Å². The van der Waals surface area contributed by atoms with E-state index in [-0.39, 0.29) is 38.6 Å². The lowest BCUT2D eigenvalue weighted by molar-refractivity contribution is -0.161. The number of phosphoric ester groups is 1. The molecule has 9 nitrogen and oxygen atoms in total. The molecule has 0 aromatic carbocycles. The number of hydrogen-bond acceptors (Lipinski definition) is 8. The summed E-state index contributed by atoms with van der Waals surface area (Å²) in [5.74, 6) is -0.823. The number of carbonyl (C=O) groups is 2. The largest absolute Gasteiger partial charge is 0.472 e. The third kappa shape index (κ3) is 31.0. The van der Waals surface area contributed by atoms with Crippen LogP contribution in [0.3, 0.4) is 0 Å². The van der Waals surface area contributed by atoms with Crippen molar-refractivity contribution in [1.29, 1.82) is 0 Å². The summed E-state index contributed by atoms with van der Waals surface area (Å²) in [6, 6.07) is 0. The third-order valence-electron chi connectivity index (χ3n) is 7.74. The summed E-state index contributed by atoms with van der Waals surface area (Å²) in [7, 11) is -4.36. The number of rotatable bonds is 34. The molecule has 0 bridgehead atoms.